The summed E-state index contributed by atoms with van der Waals surface area (Å²) in [7, 11) is 1.68. The molecule has 2 aromatic rings. The van der Waals surface area contributed by atoms with Gasteiger partial charge in [-0.05, 0) is 42.9 Å². The summed E-state index contributed by atoms with van der Waals surface area (Å²) in [5, 5.41) is 0. The number of carbonyl (C=O) groups excluding carboxylic acids is 2. The van der Waals surface area contributed by atoms with Crippen LogP contribution in [0.25, 0.3) is 6.08 Å². The molecule has 0 bridgehead atoms. The number of aromatic nitrogens is 1. The Morgan fingerprint density at radius 3 is 2.57 bits per heavy atom. The van der Waals surface area contributed by atoms with Gasteiger partial charge in [0.1, 0.15) is 11.3 Å². The van der Waals surface area contributed by atoms with Crippen molar-refractivity contribution in [3.05, 3.63) is 66.0 Å². The van der Waals surface area contributed by atoms with Crippen LogP contribution in [0.1, 0.15) is 44.2 Å². The van der Waals surface area contributed by atoms with E-state index in [2.05, 4.69) is 35.9 Å². The number of amides is 3. The molecule has 0 radical (unpaired) electrons. The smallest absolute Gasteiger partial charge is 0.327 e. The summed E-state index contributed by atoms with van der Waals surface area (Å²) in [4.78, 5) is 37.0. The number of urea groups is 1. The molecule has 2 fully saturated rings. The van der Waals surface area contributed by atoms with Gasteiger partial charge >= 0.3 is 6.03 Å². The summed E-state index contributed by atoms with van der Waals surface area (Å²) in [6.07, 6.45) is 9.84. The van der Waals surface area contributed by atoms with Gasteiger partial charge in [0.2, 0.25) is 0 Å². The summed E-state index contributed by atoms with van der Waals surface area (Å²) in [6.45, 7) is 7.53. The third kappa shape index (κ3) is 5.40. The second-order valence-electron chi connectivity index (χ2n) is 9.85. The van der Waals surface area contributed by atoms with Crippen LogP contribution in [0.2, 0.25) is 0 Å². The van der Waals surface area contributed by atoms with Crippen molar-refractivity contribution in [2.24, 2.45) is 5.92 Å². The van der Waals surface area contributed by atoms with E-state index in [1.165, 1.54) is 4.90 Å². The minimum absolute atomic E-state index is 0.0562. The SMILES string of the molecule is COc1ccccc1/C=C/CN1CCC2(CC1)C(=O)N(Cc1cccnc1)C(=O)N2CCC(C)C. The molecule has 186 valence electrons. The summed E-state index contributed by atoms with van der Waals surface area (Å²) >= 11 is 0. The first-order valence-corrected chi connectivity index (χ1v) is 12.5. The lowest BCUT2D eigenvalue weighted by Gasteiger charge is -2.42. The van der Waals surface area contributed by atoms with Crippen molar-refractivity contribution in [1.82, 2.24) is 19.7 Å². The van der Waals surface area contributed by atoms with Crippen molar-refractivity contribution >= 4 is 18.0 Å². The van der Waals surface area contributed by atoms with Crippen LogP contribution in [0.4, 0.5) is 4.79 Å². The fourth-order valence-electron chi connectivity index (χ4n) is 5.02. The molecule has 35 heavy (non-hydrogen) atoms. The third-order valence-corrected chi connectivity index (χ3v) is 7.10. The molecule has 3 amide bonds. The van der Waals surface area contributed by atoms with Gasteiger partial charge in [0.05, 0.1) is 13.7 Å². The molecule has 2 aliphatic heterocycles. The lowest BCUT2D eigenvalue weighted by Crippen LogP contribution is -2.56. The molecule has 2 saturated heterocycles. The Labute approximate surface area is 208 Å². The lowest BCUT2D eigenvalue weighted by atomic mass is 9.85. The second-order valence-corrected chi connectivity index (χ2v) is 9.85. The molecule has 2 aliphatic rings. The van der Waals surface area contributed by atoms with E-state index in [1.807, 2.05) is 41.3 Å². The van der Waals surface area contributed by atoms with Crippen molar-refractivity contribution in [3.8, 4) is 5.75 Å². The van der Waals surface area contributed by atoms with E-state index in [0.29, 0.717) is 25.3 Å². The fraction of sp³-hybridized carbons (Fsp3) is 0.464. The Bertz CT molecular complexity index is 1050. The summed E-state index contributed by atoms with van der Waals surface area (Å²) in [5.41, 5.74) is 1.18. The Balaban J connectivity index is 1.45. The van der Waals surface area contributed by atoms with E-state index in [0.717, 1.165) is 42.9 Å². The Hall–Kier alpha value is -3.19. The second kappa shape index (κ2) is 11.0. The van der Waals surface area contributed by atoms with Crippen molar-refractivity contribution in [1.29, 1.82) is 0 Å². The van der Waals surface area contributed by atoms with E-state index in [9.17, 15) is 9.59 Å². The van der Waals surface area contributed by atoms with Crippen LogP contribution < -0.4 is 4.74 Å². The van der Waals surface area contributed by atoms with Crippen molar-refractivity contribution < 1.29 is 14.3 Å². The highest BCUT2D eigenvalue weighted by atomic mass is 16.5. The third-order valence-electron chi connectivity index (χ3n) is 7.10. The molecular formula is C28H36N4O3. The van der Waals surface area contributed by atoms with Gasteiger partial charge < -0.3 is 9.64 Å². The molecule has 0 saturated carbocycles. The number of benzene rings is 1. The van der Waals surface area contributed by atoms with E-state index in [-0.39, 0.29) is 18.5 Å². The number of likely N-dealkylation sites (tertiary alicyclic amines) is 1. The van der Waals surface area contributed by atoms with Gasteiger partial charge in [0.25, 0.3) is 5.91 Å². The zero-order valence-electron chi connectivity index (χ0n) is 21.0. The molecule has 0 aliphatic carbocycles. The first-order chi connectivity index (χ1) is 16.9. The zero-order valence-corrected chi connectivity index (χ0v) is 21.0. The van der Waals surface area contributed by atoms with Crippen LogP contribution in [0, 0.1) is 5.92 Å². The highest BCUT2D eigenvalue weighted by Crippen LogP contribution is 2.38. The molecule has 1 spiro atoms. The lowest BCUT2D eigenvalue weighted by molar-refractivity contribution is -0.136. The highest BCUT2D eigenvalue weighted by Gasteiger charge is 2.57. The van der Waals surface area contributed by atoms with E-state index in [4.69, 9.17) is 4.74 Å². The monoisotopic (exact) mass is 476 g/mol. The number of hydrogen-bond acceptors (Lipinski definition) is 5. The van der Waals surface area contributed by atoms with Crippen LogP contribution in [-0.4, -0.2) is 70.4 Å². The maximum absolute atomic E-state index is 13.7. The molecule has 0 N–H and O–H groups in total. The Morgan fingerprint density at radius 2 is 1.89 bits per heavy atom. The number of rotatable bonds is 9. The molecule has 4 rings (SSSR count). The predicted octanol–water partition coefficient (Wildman–Crippen LogP) is 4.45. The van der Waals surface area contributed by atoms with Crippen LogP contribution in [0.3, 0.4) is 0 Å². The average Bonchev–Trinajstić information content (AvgIpc) is 3.05. The van der Waals surface area contributed by atoms with E-state index in [1.54, 1.807) is 19.5 Å². The molecule has 0 atom stereocenters. The first-order valence-electron chi connectivity index (χ1n) is 12.5. The van der Waals surface area contributed by atoms with E-state index >= 15 is 0 Å². The number of nitrogens with zero attached hydrogens (tertiary/aromatic N) is 4. The quantitative estimate of drug-likeness (QED) is 0.501. The van der Waals surface area contributed by atoms with Crippen LogP contribution in [0.15, 0.2) is 54.9 Å². The van der Waals surface area contributed by atoms with Crippen LogP contribution in [-0.2, 0) is 11.3 Å². The van der Waals surface area contributed by atoms with Crippen LogP contribution >= 0.6 is 0 Å². The normalized spacial score (nSPS) is 18.4. The molecule has 7 heteroatoms. The predicted molar refractivity (Wildman–Crippen MR) is 137 cm³/mol. The number of pyridine rings is 1. The molecule has 0 unspecified atom stereocenters. The van der Waals surface area contributed by atoms with Gasteiger partial charge in [-0.2, -0.15) is 0 Å². The summed E-state index contributed by atoms with van der Waals surface area (Å²) in [5.74, 6) is 1.26. The van der Waals surface area contributed by atoms with Gasteiger partial charge in [0, 0.05) is 44.1 Å². The minimum atomic E-state index is -0.739. The zero-order chi connectivity index (χ0) is 24.8. The molecule has 1 aromatic carbocycles. The number of hydrogen-bond donors (Lipinski definition) is 0. The van der Waals surface area contributed by atoms with Crippen LogP contribution in [0.5, 0.6) is 5.75 Å². The fourth-order valence-corrected chi connectivity index (χ4v) is 5.02. The van der Waals surface area contributed by atoms with Crippen molar-refractivity contribution in [2.75, 3.05) is 33.3 Å². The van der Waals surface area contributed by atoms with Crippen molar-refractivity contribution in [3.63, 3.8) is 0 Å². The molecule has 1 aromatic heterocycles. The Kier molecular flexibility index (Phi) is 7.86. The average molecular weight is 477 g/mol. The highest BCUT2D eigenvalue weighted by molar-refractivity contribution is 6.07. The number of imide groups is 1. The standard InChI is InChI=1S/C28H36N4O3/c1-22(2)12-17-32-27(34)31(21-23-8-6-15-29-20-23)26(33)28(32)13-18-30(19-14-28)16-7-10-24-9-4-5-11-25(24)35-3/h4-11,15,20,22H,12-14,16-19,21H2,1-3H3/b10-7+. The van der Waals surface area contributed by atoms with Gasteiger partial charge in [-0.15, -0.1) is 0 Å². The Morgan fingerprint density at radius 1 is 1.11 bits per heavy atom. The van der Waals surface area contributed by atoms with Gasteiger partial charge in [-0.1, -0.05) is 50.3 Å². The largest absolute Gasteiger partial charge is 0.496 e. The van der Waals surface area contributed by atoms with Gasteiger partial charge in [0.15, 0.2) is 0 Å². The number of piperidine rings is 1. The summed E-state index contributed by atoms with van der Waals surface area (Å²) < 4.78 is 5.43. The maximum Gasteiger partial charge on any atom is 0.327 e. The number of methoxy groups -OCH3 is 1. The van der Waals surface area contributed by atoms with Gasteiger partial charge in [-0.3, -0.25) is 19.6 Å². The number of ether oxygens (including phenoxy) is 1. The van der Waals surface area contributed by atoms with E-state index < -0.39 is 5.54 Å². The van der Waals surface area contributed by atoms with Gasteiger partial charge in [-0.25, -0.2) is 4.79 Å². The minimum Gasteiger partial charge on any atom is -0.496 e. The number of para-hydroxylation sites is 1. The molecule has 3 heterocycles. The maximum atomic E-state index is 13.7. The summed E-state index contributed by atoms with van der Waals surface area (Å²) in [6, 6.07) is 11.5. The molecule has 7 nitrogen and oxygen atoms in total. The van der Waals surface area contributed by atoms with Crippen molar-refractivity contribution in [2.45, 2.75) is 45.2 Å². The molecular weight excluding hydrogens is 440 g/mol. The number of carbonyl (C=O) groups is 2. The first kappa shape index (κ1) is 24.9. The topological polar surface area (TPSA) is 66.0 Å².